The van der Waals surface area contributed by atoms with Crippen LogP contribution in [-0.4, -0.2) is 41.7 Å². The van der Waals surface area contributed by atoms with E-state index in [0.29, 0.717) is 6.54 Å². The van der Waals surface area contributed by atoms with Crippen LogP contribution in [0.3, 0.4) is 0 Å². The van der Waals surface area contributed by atoms with Crippen LogP contribution in [0.25, 0.3) is 0 Å². The van der Waals surface area contributed by atoms with E-state index in [4.69, 9.17) is 8.95 Å². The van der Waals surface area contributed by atoms with Gasteiger partial charge in [-0.2, -0.15) is 0 Å². The molecule has 1 aromatic carbocycles. The van der Waals surface area contributed by atoms with Gasteiger partial charge in [-0.15, -0.1) is 0 Å². The molecular weight excluding hydrogens is 358 g/mol. The summed E-state index contributed by atoms with van der Waals surface area (Å²) in [4.78, 5) is 12.3. The summed E-state index contributed by atoms with van der Waals surface area (Å²) in [6.45, 7) is 18.1. The van der Waals surface area contributed by atoms with Crippen molar-refractivity contribution in [3.63, 3.8) is 0 Å². The van der Waals surface area contributed by atoms with Crippen molar-refractivity contribution in [2.45, 2.75) is 72.2 Å². The lowest BCUT2D eigenvalue weighted by Crippen LogP contribution is -2.62. The maximum atomic E-state index is 12.3. The Morgan fingerprint density at radius 1 is 1.12 bits per heavy atom. The minimum absolute atomic E-state index is 0.0494. The first-order chi connectivity index (χ1) is 11.8. The van der Waals surface area contributed by atoms with Crippen molar-refractivity contribution >= 4 is 29.2 Å². The van der Waals surface area contributed by atoms with Crippen molar-refractivity contribution in [1.82, 2.24) is 5.06 Å². The van der Waals surface area contributed by atoms with Gasteiger partial charge in [0.05, 0.1) is 6.54 Å². The molecule has 0 saturated carbocycles. The Morgan fingerprint density at radius 2 is 1.69 bits per heavy atom. The van der Waals surface area contributed by atoms with Crippen LogP contribution in [0.5, 0.6) is 0 Å². The van der Waals surface area contributed by atoms with Crippen molar-refractivity contribution in [2.24, 2.45) is 5.41 Å². The van der Waals surface area contributed by atoms with Crippen molar-refractivity contribution in [1.29, 1.82) is 0 Å². The second-order valence-corrected chi connectivity index (χ2v) is 15.6. The Labute approximate surface area is 162 Å². The monoisotopic (exact) mass is 391 g/mol. The quantitative estimate of drug-likeness (QED) is 0.548. The standard InChI is InChI=1S/C20H33NO3Si2/c1-19(2,3)13-15-9-11-16(12-10-15)25-24-21-14-17(18(21)22)23-26(7,8)20(4,5)6/h9-12,17H,13-14H2,1-8H3. The number of carbonyl (C=O) groups is 1. The highest BCUT2D eigenvalue weighted by atomic mass is 28.4. The molecule has 4 nitrogen and oxygen atoms in total. The van der Waals surface area contributed by atoms with Crippen LogP contribution < -0.4 is 5.19 Å². The highest BCUT2D eigenvalue weighted by Gasteiger charge is 2.46. The zero-order valence-corrected chi connectivity index (χ0v) is 19.5. The molecule has 0 aliphatic carbocycles. The lowest BCUT2D eigenvalue weighted by atomic mass is 9.88. The van der Waals surface area contributed by atoms with Crippen LogP contribution in [-0.2, 0) is 20.2 Å². The summed E-state index contributed by atoms with van der Waals surface area (Å²) in [5, 5.41) is 2.65. The fourth-order valence-electron chi connectivity index (χ4n) is 2.48. The van der Waals surface area contributed by atoms with Gasteiger partial charge in [-0.25, -0.2) is 5.06 Å². The number of hydrogen-bond donors (Lipinski definition) is 0. The number of hydrogen-bond acceptors (Lipinski definition) is 3. The summed E-state index contributed by atoms with van der Waals surface area (Å²) in [7, 11) is -1.78. The average molecular weight is 392 g/mol. The summed E-state index contributed by atoms with van der Waals surface area (Å²) in [5.41, 5.74) is 1.61. The molecule has 1 atom stereocenters. The summed E-state index contributed by atoms with van der Waals surface area (Å²) in [6, 6.07) is 8.48. The molecule has 0 aromatic heterocycles. The van der Waals surface area contributed by atoms with Gasteiger partial charge in [-0.3, -0.25) is 4.79 Å². The van der Waals surface area contributed by atoms with Crippen molar-refractivity contribution in [3.05, 3.63) is 29.8 Å². The van der Waals surface area contributed by atoms with Crippen molar-refractivity contribution < 1.29 is 13.7 Å². The van der Waals surface area contributed by atoms with Crippen molar-refractivity contribution in [3.8, 4) is 0 Å². The molecule has 2 radical (unpaired) electrons. The van der Waals surface area contributed by atoms with E-state index in [1.54, 1.807) is 0 Å². The van der Waals surface area contributed by atoms with Crippen LogP contribution in [0, 0.1) is 5.41 Å². The number of nitrogens with zero attached hydrogens (tertiary/aromatic N) is 1. The van der Waals surface area contributed by atoms with Gasteiger partial charge in [0, 0.05) is 0 Å². The van der Waals surface area contributed by atoms with E-state index in [2.05, 4.69) is 78.9 Å². The second-order valence-electron chi connectivity index (χ2n) is 9.89. The van der Waals surface area contributed by atoms with Crippen LogP contribution in [0.15, 0.2) is 24.3 Å². The van der Waals surface area contributed by atoms with E-state index in [1.807, 2.05) is 0 Å². The highest BCUT2D eigenvalue weighted by molar-refractivity contribution is 6.74. The topological polar surface area (TPSA) is 38.8 Å². The minimum atomic E-state index is -1.92. The minimum Gasteiger partial charge on any atom is -0.403 e. The summed E-state index contributed by atoms with van der Waals surface area (Å²) < 4.78 is 11.9. The van der Waals surface area contributed by atoms with Gasteiger partial charge >= 0.3 is 9.76 Å². The molecule has 0 N–H and O–H groups in total. The lowest BCUT2D eigenvalue weighted by molar-refractivity contribution is -0.194. The van der Waals surface area contributed by atoms with E-state index >= 15 is 0 Å². The normalized spacial score (nSPS) is 18.8. The van der Waals surface area contributed by atoms with Gasteiger partial charge in [0.25, 0.3) is 5.91 Å². The number of benzene rings is 1. The van der Waals surface area contributed by atoms with Crippen LogP contribution in [0.1, 0.15) is 47.1 Å². The number of carbonyl (C=O) groups excluding carboxylic acids is 1. The van der Waals surface area contributed by atoms with E-state index in [1.165, 1.54) is 10.6 Å². The van der Waals surface area contributed by atoms with Crippen molar-refractivity contribution in [2.75, 3.05) is 6.54 Å². The maximum Gasteiger partial charge on any atom is 0.311 e. The van der Waals surface area contributed by atoms with E-state index in [0.717, 1.165) is 11.6 Å². The number of rotatable bonds is 6. The van der Waals surface area contributed by atoms with Gasteiger partial charge in [-0.05, 0) is 40.7 Å². The molecule has 1 amide bonds. The average Bonchev–Trinajstić information content (AvgIpc) is 2.48. The van der Waals surface area contributed by atoms with E-state index in [9.17, 15) is 4.79 Å². The molecule has 0 spiro atoms. The maximum absolute atomic E-state index is 12.3. The molecule has 1 aromatic rings. The number of hydroxylamine groups is 2. The molecule has 26 heavy (non-hydrogen) atoms. The number of β-lactam (4-membered cyclic amide) rings is 1. The summed E-state index contributed by atoms with van der Waals surface area (Å²) >= 11 is 0. The van der Waals surface area contributed by atoms with Gasteiger partial charge in [0.2, 0.25) is 0 Å². The third kappa shape index (κ3) is 5.52. The molecule has 6 heteroatoms. The summed E-state index contributed by atoms with van der Waals surface area (Å²) in [5.74, 6) is -0.0494. The first-order valence-corrected chi connectivity index (χ1v) is 13.1. The first-order valence-electron chi connectivity index (χ1n) is 9.30. The van der Waals surface area contributed by atoms with Crippen LogP contribution in [0.4, 0.5) is 0 Å². The molecule has 2 rings (SSSR count). The Kier molecular flexibility index (Phi) is 6.22. The smallest absolute Gasteiger partial charge is 0.311 e. The predicted molar refractivity (Wildman–Crippen MR) is 110 cm³/mol. The molecule has 1 aliphatic rings. The Bertz CT molecular complexity index is 630. The van der Waals surface area contributed by atoms with Gasteiger partial charge in [0.15, 0.2) is 8.32 Å². The van der Waals surface area contributed by atoms with E-state index < -0.39 is 8.32 Å². The zero-order chi connectivity index (χ0) is 19.8. The van der Waals surface area contributed by atoms with Gasteiger partial charge in [0.1, 0.15) is 6.10 Å². The second kappa shape index (κ2) is 7.58. The van der Waals surface area contributed by atoms with Crippen LogP contribution >= 0.6 is 0 Å². The molecule has 0 bridgehead atoms. The number of amides is 1. The molecule has 1 aliphatic heterocycles. The molecular formula is C20H33NO3Si2. The largest absolute Gasteiger partial charge is 0.403 e. The molecule has 1 heterocycles. The van der Waals surface area contributed by atoms with Gasteiger partial charge in [-0.1, -0.05) is 65.8 Å². The zero-order valence-electron chi connectivity index (χ0n) is 17.5. The Morgan fingerprint density at radius 3 is 2.15 bits per heavy atom. The third-order valence-electron chi connectivity index (χ3n) is 5.06. The summed E-state index contributed by atoms with van der Waals surface area (Å²) in [6.07, 6.45) is 0.712. The lowest BCUT2D eigenvalue weighted by Gasteiger charge is -2.44. The Balaban J connectivity index is 1.81. The van der Waals surface area contributed by atoms with E-state index in [-0.39, 0.29) is 32.2 Å². The predicted octanol–water partition coefficient (Wildman–Crippen LogP) is 3.68. The molecule has 1 saturated heterocycles. The SMILES string of the molecule is CC(C)(C)Cc1ccc([Si]ON2CC(O[Si](C)(C)C(C)(C)C)C2=O)cc1. The highest BCUT2D eigenvalue weighted by Crippen LogP contribution is 2.38. The fourth-order valence-corrected chi connectivity index (χ4v) is 4.40. The fraction of sp³-hybridized carbons (Fsp3) is 0.650. The first kappa shape index (κ1) is 21.3. The van der Waals surface area contributed by atoms with Gasteiger partial charge < -0.3 is 8.95 Å². The molecule has 1 unspecified atom stereocenters. The van der Waals surface area contributed by atoms with Crippen LogP contribution in [0.2, 0.25) is 18.1 Å². The third-order valence-corrected chi connectivity index (χ3v) is 10.4. The molecule has 1 fully saturated rings. The Hall–Kier alpha value is -0.956. The molecule has 144 valence electrons.